The number of nitrogens with zero attached hydrogens (tertiary/aromatic N) is 3. The van der Waals surface area contributed by atoms with Crippen LogP contribution < -0.4 is 10.1 Å². The topological polar surface area (TPSA) is 89.6 Å². The Morgan fingerprint density at radius 1 is 1.13 bits per heavy atom. The normalized spacial score (nSPS) is 14.5. The number of carbonyl (C=O) groups is 2. The average molecular weight is 408 g/mol. The summed E-state index contributed by atoms with van der Waals surface area (Å²) in [5.74, 6) is 0.942. The SMILES string of the molecule is COc1ccc(C(=O)N2CCC(n3nccc3NC(=O)c3ccccc3C)CC2)o1. The lowest BCUT2D eigenvalue weighted by Gasteiger charge is -2.32. The molecule has 156 valence electrons. The third-order valence-corrected chi connectivity index (χ3v) is 5.39. The van der Waals surface area contributed by atoms with Gasteiger partial charge in [-0.2, -0.15) is 5.10 Å². The highest BCUT2D eigenvalue weighted by atomic mass is 16.6. The lowest BCUT2D eigenvalue weighted by Crippen LogP contribution is -2.39. The Hall–Kier alpha value is -3.55. The molecule has 3 aromatic rings. The van der Waals surface area contributed by atoms with Crippen molar-refractivity contribution in [2.75, 3.05) is 25.5 Å². The number of likely N-dealkylation sites (tertiary alicyclic amines) is 1. The Balaban J connectivity index is 1.40. The number of nitrogens with one attached hydrogen (secondary N) is 1. The Morgan fingerprint density at radius 3 is 2.60 bits per heavy atom. The van der Waals surface area contributed by atoms with Crippen molar-refractivity contribution in [1.29, 1.82) is 0 Å². The van der Waals surface area contributed by atoms with E-state index in [1.54, 1.807) is 35.4 Å². The third-order valence-electron chi connectivity index (χ3n) is 5.39. The van der Waals surface area contributed by atoms with Gasteiger partial charge in [0.1, 0.15) is 5.82 Å². The van der Waals surface area contributed by atoms with E-state index in [1.165, 1.54) is 7.11 Å². The molecular formula is C22H24N4O4. The molecule has 1 saturated heterocycles. The first-order chi connectivity index (χ1) is 14.6. The highest BCUT2D eigenvalue weighted by Gasteiger charge is 2.28. The van der Waals surface area contributed by atoms with E-state index in [9.17, 15) is 9.59 Å². The smallest absolute Gasteiger partial charge is 0.289 e. The largest absolute Gasteiger partial charge is 0.468 e. The van der Waals surface area contributed by atoms with Gasteiger partial charge in [0.15, 0.2) is 5.76 Å². The summed E-state index contributed by atoms with van der Waals surface area (Å²) < 4.78 is 12.2. The van der Waals surface area contributed by atoms with Crippen LogP contribution in [0.3, 0.4) is 0 Å². The molecule has 4 rings (SSSR count). The van der Waals surface area contributed by atoms with Crippen LogP contribution in [0, 0.1) is 6.92 Å². The van der Waals surface area contributed by atoms with Crippen LogP contribution in [0.1, 0.15) is 45.4 Å². The van der Waals surface area contributed by atoms with Crippen LogP contribution in [0.5, 0.6) is 5.95 Å². The molecule has 2 amide bonds. The summed E-state index contributed by atoms with van der Waals surface area (Å²) in [6, 6.07) is 12.6. The zero-order chi connectivity index (χ0) is 21.1. The van der Waals surface area contributed by atoms with E-state index in [0.29, 0.717) is 30.4 Å². The summed E-state index contributed by atoms with van der Waals surface area (Å²) in [4.78, 5) is 27.1. The molecule has 1 aromatic carbocycles. The Bertz CT molecular complexity index is 1050. The number of ether oxygens (including phenoxy) is 1. The minimum Gasteiger partial charge on any atom is -0.468 e. The van der Waals surface area contributed by atoms with Crippen molar-refractivity contribution in [1.82, 2.24) is 14.7 Å². The van der Waals surface area contributed by atoms with Crippen LogP contribution >= 0.6 is 0 Å². The number of aromatic nitrogens is 2. The van der Waals surface area contributed by atoms with Gasteiger partial charge in [-0.3, -0.25) is 9.59 Å². The molecule has 1 aliphatic rings. The van der Waals surface area contributed by atoms with E-state index in [-0.39, 0.29) is 23.6 Å². The van der Waals surface area contributed by atoms with E-state index in [0.717, 1.165) is 18.4 Å². The fraction of sp³-hybridized carbons (Fsp3) is 0.318. The van der Waals surface area contributed by atoms with E-state index < -0.39 is 0 Å². The highest BCUT2D eigenvalue weighted by Crippen LogP contribution is 2.27. The van der Waals surface area contributed by atoms with Crippen molar-refractivity contribution in [3.8, 4) is 5.95 Å². The molecule has 30 heavy (non-hydrogen) atoms. The maximum atomic E-state index is 12.7. The Morgan fingerprint density at radius 2 is 1.90 bits per heavy atom. The fourth-order valence-electron chi connectivity index (χ4n) is 3.73. The lowest BCUT2D eigenvalue weighted by atomic mass is 10.0. The second-order valence-electron chi connectivity index (χ2n) is 7.28. The molecule has 3 heterocycles. The van der Waals surface area contributed by atoms with Gasteiger partial charge in [-0.25, -0.2) is 4.68 Å². The molecule has 0 saturated carbocycles. The molecule has 0 radical (unpaired) electrons. The minimum atomic E-state index is -0.158. The number of amides is 2. The highest BCUT2D eigenvalue weighted by molar-refractivity contribution is 6.04. The first-order valence-corrected chi connectivity index (χ1v) is 9.90. The third kappa shape index (κ3) is 3.94. The number of hydrogen-bond donors (Lipinski definition) is 1. The number of piperidine rings is 1. The van der Waals surface area contributed by atoms with E-state index in [4.69, 9.17) is 9.15 Å². The van der Waals surface area contributed by atoms with Crippen LogP contribution in [0.15, 0.2) is 53.1 Å². The lowest BCUT2D eigenvalue weighted by molar-refractivity contribution is 0.0653. The summed E-state index contributed by atoms with van der Waals surface area (Å²) in [6.07, 6.45) is 3.15. The van der Waals surface area contributed by atoms with Crippen LogP contribution in [0.2, 0.25) is 0 Å². The Kier molecular flexibility index (Phi) is 5.56. The van der Waals surface area contributed by atoms with Gasteiger partial charge < -0.3 is 19.4 Å². The van der Waals surface area contributed by atoms with Crippen molar-refractivity contribution in [2.45, 2.75) is 25.8 Å². The van der Waals surface area contributed by atoms with Crippen molar-refractivity contribution in [2.24, 2.45) is 0 Å². The van der Waals surface area contributed by atoms with E-state index in [1.807, 2.05) is 29.8 Å². The maximum Gasteiger partial charge on any atom is 0.289 e. The molecule has 2 aromatic heterocycles. The predicted octanol–water partition coefficient (Wildman–Crippen LogP) is 3.52. The number of rotatable bonds is 5. The van der Waals surface area contributed by atoms with E-state index >= 15 is 0 Å². The van der Waals surface area contributed by atoms with Gasteiger partial charge in [-0.1, -0.05) is 18.2 Å². The summed E-state index contributed by atoms with van der Waals surface area (Å²) in [5.41, 5.74) is 1.56. The van der Waals surface area contributed by atoms with Gasteiger partial charge in [0.05, 0.1) is 19.3 Å². The second-order valence-corrected chi connectivity index (χ2v) is 7.28. The number of carbonyl (C=O) groups excluding carboxylic acids is 2. The molecule has 0 aliphatic carbocycles. The van der Waals surface area contributed by atoms with Gasteiger partial charge in [0, 0.05) is 30.8 Å². The maximum absolute atomic E-state index is 12.7. The van der Waals surface area contributed by atoms with E-state index in [2.05, 4.69) is 10.4 Å². The number of furan rings is 1. The average Bonchev–Trinajstić information content (AvgIpc) is 3.43. The summed E-state index contributed by atoms with van der Waals surface area (Å²) >= 11 is 0. The number of benzene rings is 1. The minimum absolute atomic E-state index is 0.0994. The van der Waals surface area contributed by atoms with Gasteiger partial charge in [-0.05, 0) is 37.5 Å². The first-order valence-electron chi connectivity index (χ1n) is 9.90. The summed E-state index contributed by atoms with van der Waals surface area (Å²) in [7, 11) is 1.50. The Labute approximate surface area is 174 Å². The van der Waals surface area contributed by atoms with Gasteiger partial charge >= 0.3 is 0 Å². The molecule has 8 heteroatoms. The van der Waals surface area contributed by atoms with Crippen molar-refractivity contribution >= 4 is 17.6 Å². The molecular weight excluding hydrogens is 384 g/mol. The molecule has 1 fully saturated rings. The van der Waals surface area contributed by atoms with Crippen LogP contribution in [-0.4, -0.2) is 46.7 Å². The molecule has 8 nitrogen and oxygen atoms in total. The van der Waals surface area contributed by atoms with Crippen molar-refractivity contribution < 1.29 is 18.7 Å². The fourth-order valence-corrected chi connectivity index (χ4v) is 3.73. The summed E-state index contributed by atoms with van der Waals surface area (Å²) in [5, 5.41) is 7.38. The number of methoxy groups -OCH3 is 1. The van der Waals surface area contributed by atoms with Gasteiger partial charge in [-0.15, -0.1) is 0 Å². The standard InChI is InChI=1S/C22H24N4O4/c1-15-5-3-4-6-17(15)21(27)24-19-9-12-23-26(19)16-10-13-25(14-11-16)22(28)18-7-8-20(29-2)30-18/h3-9,12,16H,10-11,13-14H2,1-2H3,(H,24,27). The van der Waals surface area contributed by atoms with Crippen molar-refractivity contribution in [3.05, 3.63) is 65.5 Å². The molecule has 1 aliphatic heterocycles. The van der Waals surface area contributed by atoms with Crippen LogP contribution in [0.25, 0.3) is 0 Å². The zero-order valence-corrected chi connectivity index (χ0v) is 17.0. The monoisotopic (exact) mass is 408 g/mol. The molecule has 0 unspecified atom stereocenters. The molecule has 1 N–H and O–H groups in total. The van der Waals surface area contributed by atoms with Crippen LogP contribution in [0.4, 0.5) is 5.82 Å². The number of aryl methyl sites for hydroxylation is 1. The summed E-state index contributed by atoms with van der Waals surface area (Å²) in [6.45, 7) is 3.07. The molecule has 0 spiro atoms. The van der Waals surface area contributed by atoms with Gasteiger partial charge in [0.2, 0.25) is 0 Å². The van der Waals surface area contributed by atoms with Crippen LogP contribution in [-0.2, 0) is 0 Å². The quantitative estimate of drug-likeness (QED) is 0.698. The number of hydrogen-bond acceptors (Lipinski definition) is 5. The van der Waals surface area contributed by atoms with Gasteiger partial charge in [0.25, 0.3) is 17.8 Å². The molecule has 0 atom stereocenters. The number of anilines is 1. The van der Waals surface area contributed by atoms with Crippen molar-refractivity contribution in [3.63, 3.8) is 0 Å². The second kappa shape index (κ2) is 8.44. The predicted molar refractivity (Wildman–Crippen MR) is 111 cm³/mol. The molecule has 0 bridgehead atoms. The first kappa shape index (κ1) is 19.8. The zero-order valence-electron chi connectivity index (χ0n) is 17.0.